The fourth-order valence-corrected chi connectivity index (χ4v) is 3.26. The highest BCUT2D eigenvalue weighted by molar-refractivity contribution is 9.10. The first kappa shape index (κ1) is 26.4. The van der Waals surface area contributed by atoms with E-state index in [1.807, 2.05) is 4.90 Å². The number of anilines is 1. The van der Waals surface area contributed by atoms with Crippen LogP contribution in [-0.2, 0) is 4.79 Å². The maximum absolute atomic E-state index is 12.6. The van der Waals surface area contributed by atoms with Crippen LogP contribution in [0.15, 0.2) is 45.5 Å². The number of carboxylic acid groups (broad SMARTS) is 1. The Kier molecular flexibility index (Phi) is 9.06. The highest BCUT2D eigenvalue weighted by atomic mass is 79.9. The lowest BCUT2D eigenvalue weighted by molar-refractivity contribution is -0.192. The Morgan fingerprint density at radius 2 is 1.58 bits per heavy atom. The highest BCUT2D eigenvalue weighted by Crippen LogP contribution is 2.18. The van der Waals surface area contributed by atoms with Crippen LogP contribution in [0.5, 0.6) is 0 Å². The van der Waals surface area contributed by atoms with Crippen LogP contribution in [0.3, 0.4) is 0 Å². The SMILES string of the molecule is CC(C)N1CCN(C(=O)c2ccc(NC(=O)c3ccc(Br)o3)cc2)CC1.O=C(O)C(F)(F)F. The summed E-state index contributed by atoms with van der Waals surface area (Å²) in [5, 5.41) is 9.88. The fourth-order valence-electron chi connectivity index (χ4n) is 2.95. The monoisotopic (exact) mass is 533 g/mol. The lowest BCUT2D eigenvalue weighted by Gasteiger charge is -2.37. The van der Waals surface area contributed by atoms with Crippen molar-refractivity contribution in [1.29, 1.82) is 0 Å². The molecule has 1 aromatic carbocycles. The smallest absolute Gasteiger partial charge is 0.475 e. The molecule has 2 aromatic rings. The van der Waals surface area contributed by atoms with Gasteiger partial charge in [0.15, 0.2) is 10.4 Å². The number of amides is 2. The van der Waals surface area contributed by atoms with Gasteiger partial charge in [0.2, 0.25) is 0 Å². The lowest BCUT2D eigenvalue weighted by Crippen LogP contribution is -2.50. The quantitative estimate of drug-likeness (QED) is 0.613. The van der Waals surface area contributed by atoms with Crippen LogP contribution in [0.1, 0.15) is 34.8 Å². The molecule has 0 bridgehead atoms. The van der Waals surface area contributed by atoms with E-state index >= 15 is 0 Å². The topological polar surface area (TPSA) is 103 Å². The molecular weight excluding hydrogens is 511 g/mol. The maximum atomic E-state index is 12.6. The highest BCUT2D eigenvalue weighted by Gasteiger charge is 2.38. The van der Waals surface area contributed by atoms with E-state index < -0.39 is 12.1 Å². The summed E-state index contributed by atoms with van der Waals surface area (Å²) in [5.41, 5.74) is 1.24. The minimum Gasteiger partial charge on any atom is -0.475 e. The molecule has 1 saturated heterocycles. The van der Waals surface area contributed by atoms with E-state index in [1.165, 1.54) is 0 Å². The zero-order valence-electron chi connectivity index (χ0n) is 17.9. The van der Waals surface area contributed by atoms with Crippen molar-refractivity contribution in [3.05, 3.63) is 52.4 Å². The lowest BCUT2D eigenvalue weighted by atomic mass is 10.1. The molecule has 0 atom stereocenters. The van der Waals surface area contributed by atoms with Crippen LogP contribution >= 0.6 is 15.9 Å². The summed E-state index contributed by atoms with van der Waals surface area (Å²) in [6, 6.07) is 10.7. The van der Waals surface area contributed by atoms with Crippen molar-refractivity contribution >= 4 is 39.4 Å². The molecule has 0 aliphatic carbocycles. The van der Waals surface area contributed by atoms with E-state index in [1.54, 1.807) is 36.4 Å². The number of alkyl halides is 3. The van der Waals surface area contributed by atoms with Crippen molar-refractivity contribution in [2.24, 2.45) is 0 Å². The molecule has 2 N–H and O–H groups in total. The van der Waals surface area contributed by atoms with E-state index in [4.69, 9.17) is 14.3 Å². The second kappa shape index (κ2) is 11.3. The Bertz CT molecular complexity index is 968. The normalized spacial score (nSPS) is 14.5. The van der Waals surface area contributed by atoms with Gasteiger partial charge in [-0.25, -0.2) is 4.79 Å². The number of furan rings is 1. The minimum atomic E-state index is -5.08. The van der Waals surface area contributed by atoms with Crippen LogP contribution in [-0.4, -0.2) is 71.1 Å². The van der Waals surface area contributed by atoms with E-state index in [2.05, 4.69) is 40.0 Å². The number of aliphatic carboxylic acids is 1. The predicted molar refractivity (Wildman–Crippen MR) is 117 cm³/mol. The van der Waals surface area contributed by atoms with Gasteiger partial charge < -0.3 is 19.7 Å². The number of nitrogens with zero attached hydrogens (tertiary/aromatic N) is 2. The Morgan fingerprint density at radius 3 is 2.00 bits per heavy atom. The summed E-state index contributed by atoms with van der Waals surface area (Å²) < 4.78 is 37.5. The third-order valence-corrected chi connectivity index (χ3v) is 5.19. The first-order chi connectivity index (χ1) is 15.4. The van der Waals surface area contributed by atoms with Gasteiger partial charge in [-0.3, -0.25) is 14.5 Å². The zero-order chi connectivity index (χ0) is 24.8. The van der Waals surface area contributed by atoms with Crippen molar-refractivity contribution < 1.29 is 37.1 Å². The summed E-state index contributed by atoms with van der Waals surface area (Å²) in [6.07, 6.45) is -5.08. The largest absolute Gasteiger partial charge is 0.490 e. The first-order valence-electron chi connectivity index (χ1n) is 9.88. The van der Waals surface area contributed by atoms with Gasteiger partial charge in [0, 0.05) is 43.5 Å². The number of benzene rings is 1. The van der Waals surface area contributed by atoms with Crippen LogP contribution in [0.25, 0.3) is 0 Å². The van der Waals surface area contributed by atoms with Crippen molar-refractivity contribution in [3.63, 3.8) is 0 Å². The van der Waals surface area contributed by atoms with Gasteiger partial charge in [-0.1, -0.05) is 0 Å². The number of halogens is 4. The Hall–Kier alpha value is -2.86. The number of carbonyl (C=O) groups is 3. The molecule has 12 heteroatoms. The maximum Gasteiger partial charge on any atom is 0.490 e. The van der Waals surface area contributed by atoms with Gasteiger partial charge in [0.05, 0.1) is 0 Å². The van der Waals surface area contributed by atoms with Crippen molar-refractivity contribution in [3.8, 4) is 0 Å². The standard InChI is InChI=1S/C19H22BrN3O3.C2HF3O2/c1-13(2)22-9-11-23(12-10-22)19(25)14-3-5-15(6-4-14)21-18(24)16-7-8-17(20)26-16;3-2(4,5)1(6)7/h3-8,13H,9-12H2,1-2H3,(H,21,24);(H,6,7). The van der Waals surface area contributed by atoms with Gasteiger partial charge in [-0.15, -0.1) is 0 Å². The average molecular weight is 534 g/mol. The number of hydrogen-bond acceptors (Lipinski definition) is 5. The van der Waals surface area contributed by atoms with E-state index in [0.717, 1.165) is 26.2 Å². The number of nitrogens with one attached hydrogen (secondary N) is 1. The minimum absolute atomic E-state index is 0.0289. The molecule has 1 aliphatic heterocycles. The number of carbonyl (C=O) groups excluding carboxylic acids is 2. The summed E-state index contributed by atoms with van der Waals surface area (Å²) in [5.74, 6) is -2.84. The van der Waals surface area contributed by atoms with Crippen LogP contribution < -0.4 is 5.32 Å². The van der Waals surface area contributed by atoms with Gasteiger partial charge in [0.1, 0.15) is 0 Å². The molecule has 1 aliphatic rings. The molecule has 33 heavy (non-hydrogen) atoms. The number of carboxylic acids is 1. The average Bonchev–Trinajstić information content (AvgIpc) is 3.20. The third-order valence-electron chi connectivity index (χ3n) is 4.76. The summed E-state index contributed by atoms with van der Waals surface area (Å²) in [7, 11) is 0. The van der Waals surface area contributed by atoms with Crippen molar-refractivity contribution in [2.75, 3.05) is 31.5 Å². The number of hydrogen-bond donors (Lipinski definition) is 2. The van der Waals surface area contributed by atoms with Crippen LogP contribution in [0.4, 0.5) is 18.9 Å². The molecular formula is C21H23BrF3N3O5. The first-order valence-corrected chi connectivity index (χ1v) is 10.7. The Balaban J connectivity index is 0.000000479. The fraction of sp³-hybridized carbons (Fsp3) is 0.381. The van der Waals surface area contributed by atoms with Gasteiger partial charge >= 0.3 is 12.1 Å². The number of rotatable bonds is 4. The molecule has 1 fully saturated rings. The van der Waals surface area contributed by atoms with Crippen molar-refractivity contribution in [2.45, 2.75) is 26.1 Å². The molecule has 1 aromatic heterocycles. The molecule has 2 amide bonds. The molecule has 180 valence electrons. The molecule has 3 rings (SSSR count). The third kappa shape index (κ3) is 7.90. The molecule has 0 unspecified atom stereocenters. The van der Waals surface area contributed by atoms with Crippen LogP contribution in [0.2, 0.25) is 0 Å². The second-order valence-electron chi connectivity index (χ2n) is 7.36. The summed E-state index contributed by atoms with van der Waals surface area (Å²) >= 11 is 3.17. The molecule has 0 saturated carbocycles. The zero-order valence-corrected chi connectivity index (χ0v) is 19.4. The summed E-state index contributed by atoms with van der Waals surface area (Å²) in [4.78, 5) is 37.9. The number of piperazine rings is 1. The van der Waals surface area contributed by atoms with Crippen LogP contribution in [0, 0.1) is 0 Å². The predicted octanol–water partition coefficient (Wildman–Crippen LogP) is 4.09. The second-order valence-corrected chi connectivity index (χ2v) is 8.14. The van der Waals surface area contributed by atoms with E-state index in [9.17, 15) is 22.8 Å². The Labute approximate surface area is 196 Å². The Morgan fingerprint density at radius 1 is 1.03 bits per heavy atom. The van der Waals surface area contributed by atoms with Gasteiger partial charge in [-0.05, 0) is 66.2 Å². The van der Waals surface area contributed by atoms with Crippen molar-refractivity contribution in [1.82, 2.24) is 9.80 Å². The van der Waals surface area contributed by atoms with Gasteiger partial charge in [-0.2, -0.15) is 13.2 Å². The molecule has 0 spiro atoms. The molecule has 0 radical (unpaired) electrons. The molecule has 8 nitrogen and oxygen atoms in total. The summed E-state index contributed by atoms with van der Waals surface area (Å²) in [6.45, 7) is 7.62. The molecule has 2 heterocycles. The van der Waals surface area contributed by atoms with E-state index in [0.29, 0.717) is 22.0 Å². The van der Waals surface area contributed by atoms with E-state index in [-0.39, 0.29) is 17.6 Å². The van der Waals surface area contributed by atoms with Gasteiger partial charge in [0.25, 0.3) is 11.8 Å².